The van der Waals surface area contributed by atoms with E-state index in [1.165, 1.54) is 19.3 Å². The summed E-state index contributed by atoms with van der Waals surface area (Å²) < 4.78 is 0. The Balaban J connectivity index is 1.19. The van der Waals surface area contributed by atoms with Crippen molar-refractivity contribution in [1.29, 1.82) is 0 Å². The number of hydrogen-bond donors (Lipinski definition) is 3. The fourth-order valence-electron chi connectivity index (χ4n) is 5.50. The Morgan fingerprint density at radius 2 is 1.88 bits per heavy atom. The summed E-state index contributed by atoms with van der Waals surface area (Å²) in [6.45, 7) is 0. The van der Waals surface area contributed by atoms with Gasteiger partial charge in [0, 0.05) is 34.6 Å². The molecular formula is C26H25N5O2. The summed E-state index contributed by atoms with van der Waals surface area (Å²) in [5.74, 6) is 1.81. The smallest absolute Gasteiger partial charge is 0.251 e. The van der Waals surface area contributed by atoms with Gasteiger partial charge in [-0.1, -0.05) is 24.6 Å². The van der Waals surface area contributed by atoms with Gasteiger partial charge in [-0.05, 0) is 61.4 Å². The van der Waals surface area contributed by atoms with E-state index in [2.05, 4.69) is 20.9 Å². The maximum atomic E-state index is 12.7. The zero-order valence-electron chi connectivity index (χ0n) is 18.2. The first-order valence-electron chi connectivity index (χ1n) is 11.6. The van der Waals surface area contributed by atoms with Crippen molar-refractivity contribution in [3.63, 3.8) is 0 Å². The molecule has 3 N–H and O–H groups in total. The third-order valence-electron chi connectivity index (χ3n) is 7.13. The summed E-state index contributed by atoms with van der Waals surface area (Å²) in [7, 11) is 0. The number of carbonyl (C=O) groups excluding carboxylic acids is 2. The molecular weight excluding hydrogens is 414 g/mol. The lowest BCUT2D eigenvalue weighted by molar-refractivity contribution is -0.115. The third kappa shape index (κ3) is 3.84. The summed E-state index contributed by atoms with van der Waals surface area (Å²) in [6.07, 6.45) is 6.88. The number of aromatic nitrogens is 2. The van der Waals surface area contributed by atoms with Crippen LogP contribution in [-0.4, -0.2) is 27.8 Å². The predicted octanol–water partition coefficient (Wildman–Crippen LogP) is 4.30. The van der Waals surface area contributed by atoms with Crippen molar-refractivity contribution < 1.29 is 9.59 Å². The molecule has 0 radical (unpaired) electrons. The molecule has 2 heterocycles. The predicted molar refractivity (Wildman–Crippen MR) is 126 cm³/mol. The number of nitrogens with one attached hydrogen (secondary N) is 3. The summed E-state index contributed by atoms with van der Waals surface area (Å²) in [4.78, 5) is 34.0. The molecule has 3 aromatic rings. The van der Waals surface area contributed by atoms with Crippen LogP contribution in [0.25, 0.3) is 11.3 Å². The van der Waals surface area contributed by atoms with E-state index >= 15 is 0 Å². The largest absolute Gasteiger partial charge is 0.349 e. The van der Waals surface area contributed by atoms with E-state index in [1.54, 1.807) is 6.20 Å². The summed E-state index contributed by atoms with van der Waals surface area (Å²) in [5, 5.41) is 9.37. The highest BCUT2D eigenvalue weighted by Gasteiger charge is 2.40. The van der Waals surface area contributed by atoms with Crippen LogP contribution in [0.5, 0.6) is 0 Å². The van der Waals surface area contributed by atoms with E-state index in [0.29, 0.717) is 23.5 Å². The van der Waals surface area contributed by atoms with Gasteiger partial charge in [-0.3, -0.25) is 9.59 Å². The normalized spacial score (nSPS) is 22.7. The standard InChI is InChI=1S/C26H25N5O2/c32-23-13-18-14-27-26(31-24(18)20-3-1-2-4-21(20)29-23)28-19-9-7-16(8-10-19)25(33)30-22-12-15-5-6-17(22)11-15/h1-4,7-10,14-15,17,22H,5-6,11-13H2,(H,29,32)(H,30,33)(H,27,28,31)/t15?,17-,22+/m0/s1. The van der Waals surface area contributed by atoms with Crippen molar-refractivity contribution in [2.24, 2.45) is 11.8 Å². The van der Waals surface area contributed by atoms with Gasteiger partial charge < -0.3 is 16.0 Å². The van der Waals surface area contributed by atoms with Crippen LogP contribution in [0.1, 0.15) is 41.6 Å². The second-order valence-electron chi connectivity index (χ2n) is 9.30. The quantitative estimate of drug-likeness (QED) is 0.563. The second-order valence-corrected chi connectivity index (χ2v) is 9.30. The molecule has 2 bridgehead atoms. The van der Waals surface area contributed by atoms with Crippen molar-refractivity contribution in [3.8, 4) is 11.3 Å². The van der Waals surface area contributed by atoms with E-state index < -0.39 is 0 Å². The highest BCUT2D eigenvalue weighted by atomic mass is 16.2. The number of nitrogens with zero attached hydrogens (tertiary/aromatic N) is 2. The zero-order chi connectivity index (χ0) is 22.4. The van der Waals surface area contributed by atoms with Gasteiger partial charge in [0.25, 0.3) is 5.91 Å². The molecule has 7 nitrogen and oxygen atoms in total. The minimum Gasteiger partial charge on any atom is -0.349 e. The molecule has 1 aliphatic heterocycles. The first-order chi connectivity index (χ1) is 16.1. The Kier molecular flexibility index (Phi) is 4.82. The van der Waals surface area contributed by atoms with Gasteiger partial charge in [0.1, 0.15) is 0 Å². The van der Waals surface area contributed by atoms with Gasteiger partial charge in [0.05, 0.1) is 17.8 Å². The first-order valence-corrected chi connectivity index (χ1v) is 11.6. The number of anilines is 3. The lowest BCUT2D eigenvalue weighted by Crippen LogP contribution is -2.38. The van der Waals surface area contributed by atoms with E-state index in [-0.39, 0.29) is 18.2 Å². The molecule has 3 aliphatic rings. The number of carbonyl (C=O) groups is 2. The lowest BCUT2D eigenvalue weighted by Gasteiger charge is -2.22. The SMILES string of the molecule is O=C1Cc2cnc(Nc3ccc(C(=O)N[C@@H]4CC5CC[C@H]4C5)cc3)nc2-c2ccccc2N1. The topological polar surface area (TPSA) is 96.0 Å². The Morgan fingerprint density at radius 1 is 1.03 bits per heavy atom. The lowest BCUT2D eigenvalue weighted by atomic mass is 9.95. The average molecular weight is 440 g/mol. The minimum absolute atomic E-state index is 0.00541. The van der Waals surface area contributed by atoms with Crippen LogP contribution in [0.15, 0.2) is 54.7 Å². The highest BCUT2D eigenvalue weighted by Crippen LogP contribution is 2.44. The van der Waals surface area contributed by atoms with E-state index in [9.17, 15) is 9.59 Å². The number of hydrogen-bond acceptors (Lipinski definition) is 5. The van der Waals surface area contributed by atoms with E-state index in [1.807, 2.05) is 48.5 Å². The van der Waals surface area contributed by atoms with Crippen molar-refractivity contribution in [2.45, 2.75) is 38.1 Å². The maximum absolute atomic E-state index is 12.7. The summed E-state index contributed by atoms with van der Waals surface area (Å²) >= 11 is 0. The Labute approximate surface area is 192 Å². The fraction of sp³-hybridized carbons (Fsp3) is 0.308. The summed E-state index contributed by atoms with van der Waals surface area (Å²) in [6, 6.07) is 15.3. The highest BCUT2D eigenvalue weighted by molar-refractivity contribution is 6.00. The molecule has 7 heteroatoms. The van der Waals surface area contributed by atoms with Gasteiger partial charge in [0.2, 0.25) is 11.9 Å². The third-order valence-corrected chi connectivity index (χ3v) is 7.13. The minimum atomic E-state index is -0.0789. The molecule has 2 fully saturated rings. The fourth-order valence-corrected chi connectivity index (χ4v) is 5.50. The molecule has 3 atom stereocenters. The van der Waals surface area contributed by atoms with Gasteiger partial charge >= 0.3 is 0 Å². The second kappa shape index (κ2) is 7.99. The molecule has 1 aromatic heterocycles. The maximum Gasteiger partial charge on any atom is 0.251 e. The molecule has 33 heavy (non-hydrogen) atoms. The first kappa shape index (κ1) is 19.9. The average Bonchev–Trinajstić information content (AvgIpc) is 3.41. The molecule has 6 rings (SSSR count). The molecule has 0 spiro atoms. The Morgan fingerprint density at radius 3 is 2.67 bits per heavy atom. The molecule has 2 saturated carbocycles. The van der Waals surface area contributed by atoms with Crippen molar-refractivity contribution in [1.82, 2.24) is 15.3 Å². The number of amides is 2. The van der Waals surface area contributed by atoms with E-state index in [0.717, 1.165) is 40.5 Å². The Bertz CT molecular complexity index is 1240. The molecule has 2 aliphatic carbocycles. The van der Waals surface area contributed by atoms with Gasteiger partial charge in [-0.25, -0.2) is 9.97 Å². The summed E-state index contributed by atoms with van der Waals surface area (Å²) in [5.41, 5.74) is 4.60. The van der Waals surface area contributed by atoms with Crippen molar-refractivity contribution >= 4 is 29.1 Å². The zero-order valence-corrected chi connectivity index (χ0v) is 18.2. The van der Waals surface area contributed by atoms with Crippen LogP contribution in [-0.2, 0) is 11.2 Å². The number of rotatable bonds is 4. The molecule has 0 saturated heterocycles. The van der Waals surface area contributed by atoms with Crippen molar-refractivity contribution in [2.75, 3.05) is 10.6 Å². The number of fused-ring (bicyclic) bond motifs is 5. The molecule has 1 unspecified atom stereocenters. The van der Waals surface area contributed by atoms with Crippen LogP contribution < -0.4 is 16.0 Å². The van der Waals surface area contributed by atoms with Crippen molar-refractivity contribution in [3.05, 3.63) is 65.9 Å². The monoisotopic (exact) mass is 439 g/mol. The van der Waals surface area contributed by atoms with Crippen LogP contribution >= 0.6 is 0 Å². The van der Waals surface area contributed by atoms with Gasteiger partial charge in [-0.2, -0.15) is 0 Å². The number of para-hydroxylation sites is 1. The number of benzene rings is 2. The van der Waals surface area contributed by atoms with E-state index in [4.69, 9.17) is 4.98 Å². The van der Waals surface area contributed by atoms with Crippen LogP contribution in [0.2, 0.25) is 0 Å². The van der Waals surface area contributed by atoms with Gasteiger partial charge in [0.15, 0.2) is 0 Å². The Hall–Kier alpha value is -3.74. The molecule has 2 amide bonds. The molecule has 166 valence electrons. The molecule has 2 aromatic carbocycles. The van der Waals surface area contributed by atoms with Crippen LogP contribution in [0.3, 0.4) is 0 Å². The van der Waals surface area contributed by atoms with Crippen LogP contribution in [0.4, 0.5) is 17.3 Å². The van der Waals surface area contributed by atoms with Crippen LogP contribution in [0, 0.1) is 11.8 Å². The van der Waals surface area contributed by atoms with Gasteiger partial charge in [-0.15, -0.1) is 0 Å².